The van der Waals surface area contributed by atoms with Crippen LogP contribution in [-0.4, -0.2) is 34.4 Å². The molecule has 0 bridgehead atoms. The number of aryl methyl sites for hydroxylation is 2. The summed E-state index contributed by atoms with van der Waals surface area (Å²) in [7, 11) is 0. The zero-order chi connectivity index (χ0) is 21.4. The van der Waals surface area contributed by atoms with Crippen LogP contribution in [0.2, 0.25) is 0 Å². The van der Waals surface area contributed by atoms with Crippen molar-refractivity contribution in [2.45, 2.75) is 38.6 Å². The lowest BCUT2D eigenvalue weighted by atomic mass is 9.99. The molecule has 6 heteroatoms. The van der Waals surface area contributed by atoms with Gasteiger partial charge in [-0.1, -0.05) is 24.3 Å². The Morgan fingerprint density at radius 2 is 1.71 bits per heavy atom. The lowest BCUT2D eigenvalue weighted by Crippen LogP contribution is -2.29. The first-order valence-corrected chi connectivity index (χ1v) is 10.9. The highest BCUT2D eigenvalue weighted by atomic mass is 16.2. The lowest BCUT2D eigenvalue weighted by Gasteiger charge is -2.20. The highest BCUT2D eigenvalue weighted by Crippen LogP contribution is 2.24. The van der Waals surface area contributed by atoms with Crippen molar-refractivity contribution in [2.75, 3.05) is 18.4 Å². The van der Waals surface area contributed by atoms with Crippen LogP contribution in [0.15, 0.2) is 53.5 Å². The van der Waals surface area contributed by atoms with E-state index >= 15 is 0 Å². The molecule has 0 radical (unpaired) electrons. The van der Waals surface area contributed by atoms with Crippen LogP contribution in [0.1, 0.15) is 40.7 Å². The molecule has 2 amide bonds. The summed E-state index contributed by atoms with van der Waals surface area (Å²) < 4.78 is 2.03. The van der Waals surface area contributed by atoms with Crippen molar-refractivity contribution >= 4 is 28.4 Å². The lowest BCUT2D eigenvalue weighted by molar-refractivity contribution is -0.129. The standard InChI is InChI=1S/C25H25N3O3/c29-22(27-12-1-2-13-27)15-17-8-10-19(11-9-17)26-25(31)21-16-28-14-4-6-18-5-3-7-20(23(18)28)24(21)30/h3,5,7-11,16H,1-2,4,6,12-15H2,(H,26,31). The molecule has 2 aliphatic heterocycles. The van der Waals surface area contributed by atoms with Gasteiger partial charge in [0.15, 0.2) is 0 Å². The fourth-order valence-corrected chi connectivity index (χ4v) is 4.67. The van der Waals surface area contributed by atoms with Crippen LogP contribution in [-0.2, 0) is 24.2 Å². The summed E-state index contributed by atoms with van der Waals surface area (Å²) >= 11 is 0. The molecule has 0 saturated carbocycles. The van der Waals surface area contributed by atoms with Crippen LogP contribution < -0.4 is 10.7 Å². The monoisotopic (exact) mass is 415 g/mol. The minimum Gasteiger partial charge on any atom is -0.346 e. The number of amides is 2. The summed E-state index contributed by atoms with van der Waals surface area (Å²) in [4.78, 5) is 40.1. The molecule has 1 saturated heterocycles. The first-order chi connectivity index (χ1) is 15.1. The maximum atomic E-state index is 13.0. The quantitative estimate of drug-likeness (QED) is 0.710. The second-order valence-electron chi connectivity index (χ2n) is 8.40. The third kappa shape index (κ3) is 3.74. The molecule has 0 spiro atoms. The highest BCUT2D eigenvalue weighted by molar-refractivity contribution is 6.06. The molecule has 3 heterocycles. The van der Waals surface area contributed by atoms with Crippen LogP contribution in [0.25, 0.3) is 10.9 Å². The number of carbonyl (C=O) groups is 2. The van der Waals surface area contributed by atoms with Crippen LogP contribution in [0, 0.1) is 0 Å². The number of benzene rings is 2. The molecule has 2 aliphatic rings. The van der Waals surface area contributed by atoms with Gasteiger partial charge in [0.1, 0.15) is 5.56 Å². The van der Waals surface area contributed by atoms with E-state index in [1.807, 2.05) is 33.7 Å². The van der Waals surface area contributed by atoms with Crippen LogP contribution in [0.5, 0.6) is 0 Å². The van der Waals surface area contributed by atoms with E-state index in [9.17, 15) is 14.4 Å². The van der Waals surface area contributed by atoms with E-state index in [2.05, 4.69) is 5.32 Å². The van der Waals surface area contributed by atoms with Gasteiger partial charge in [-0.05, 0) is 55.0 Å². The van der Waals surface area contributed by atoms with Crippen molar-refractivity contribution in [2.24, 2.45) is 0 Å². The van der Waals surface area contributed by atoms with Gasteiger partial charge in [-0.25, -0.2) is 0 Å². The van der Waals surface area contributed by atoms with Gasteiger partial charge in [0, 0.05) is 36.9 Å². The van der Waals surface area contributed by atoms with Crippen molar-refractivity contribution in [3.63, 3.8) is 0 Å². The maximum Gasteiger partial charge on any atom is 0.261 e. The first-order valence-electron chi connectivity index (χ1n) is 10.9. The van der Waals surface area contributed by atoms with Gasteiger partial charge < -0.3 is 14.8 Å². The predicted molar refractivity (Wildman–Crippen MR) is 120 cm³/mol. The van der Waals surface area contributed by atoms with Gasteiger partial charge in [-0.15, -0.1) is 0 Å². The second-order valence-corrected chi connectivity index (χ2v) is 8.40. The summed E-state index contributed by atoms with van der Waals surface area (Å²) in [6.45, 7) is 2.49. The maximum absolute atomic E-state index is 13.0. The number of anilines is 1. The molecule has 5 rings (SSSR count). The van der Waals surface area contributed by atoms with Crippen molar-refractivity contribution in [3.8, 4) is 0 Å². The van der Waals surface area contributed by atoms with Gasteiger partial charge in [-0.2, -0.15) is 0 Å². The minimum absolute atomic E-state index is 0.145. The van der Waals surface area contributed by atoms with E-state index in [-0.39, 0.29) is 16.9 Å². The first kappa shape index (κ1) is 19.5. The van der Waals surface area contributed by atoms with Crippen molar-refractivity contribution in [3.05, 3.63) is 75.6 Å². The fourth-order valence-electron chi connectivity index (χ4n) is 4.67. The van der Waals surface area contributed by atoms with Crippen LogP contribution in [0.3, 0.4) is 0 Å². The predicted octanol–water partition coefficient (Wildman–Crippen LogP) is 3.36. The average molecular weight is 415 g/mol. The molecule has 1 aromatic heterocycles. The van der Waals surface area contributed by atoms with Gasteiger partial charge in [0.05, 0.1) is 11.9 Å². The third-order valence-electron chi connectivity index (χ3n) is 6.30. The number of nitrogens with one attached hydrogen (secondary N) is 1. The number of carbonyl (C=O) groups excluding carboxylic acids is 2. The molecule has 158 valence electrons. The Labute approximate surface area is 180 Å². The summed E-state index contributed by atoms with van der Waals surface area (Å²) in [5, 5.41) is 3.43. The van der Waals surface area contributed by atoms with Crippen molar-refractivity contribution in [1.82, 2.24) is 9.47 Å². The third-order valence-corrected chi connectivity index (χ3v) is 6.30. The minimum atomic E-state index is -0.410. The van der Waals surface area contributed by atoms with Gasteiger partial charge in [0.25, 0.3) is 5.91 Å². The number of nitrogens with zero attached hydrogens (tertiary/aromatic N) is 2. The zero-order valence-corrected chi connectivity index (χ0v) is 17.4. The summed E-state index contributed by atoms with van der Waals surface area (Å²) in [6.07, 6.45) is 6.16. The molecular weight excluding hydrogens is 390 g/mol. The van der Waals surface area contributed by atoms with Gasteiger partial charge in [-0.3, -0.25) is 14.4 Å². The summed E-state index contributed by atoms with van der Waals surface area (Å²) in [5.74, 6) is -0.265. The van der Waals surface area contributed by atoms with E-state index in [1.54, 1.807) is 24.4 Å². The molecule has 2 aromatic carbocycles. The smallest absolute Gasteiger partial charge is 0.261 e. The molecule has 0 atom stereocenters. The molecule has 3 aromatic rings. The molecule has 31 heavy (non-hydrogen) atoms. The Hall–Kier alpha value is -3.41. The molecular formula is C25H25N3O3. The zero-order valence-electron chi connectivity index (χ0n) is 17.4. The fraction of sp³-hybridized carbons (Fsp3) is 0.320. The number of para-hydroxylation sites is 1. The number of hydrogen-bond donors (Lipinski definition) is 1. The molecule has 6 nitrogen and oxygen atoms in total. The number of aromatic nitrogens is 1. The Bertz CT molecular complexity index is 1220. The van der Waals surface area contributed by atoms with Gasteiger partial charge in [0.2, 0.25) is 11.3 Å². The number of rotatable bonds is 4. The largest absolute Gasteiger partial charge is 0.346 e. The second kappa shape index (κ2) is 8.02. The SMILES string of the molecule is O=C(Nc1ccc(CC(=O)N2CCCC2)cc1)c1cn2c3c(cccc3c1=O)CCC2. The normalized spacial score (nSPS) is 15.3. The Morgan fingerprint density at radius 1 is 0.935 bits per heavy atom. The van der Waals surface area contributed by atoms with Crippen LogP contribution >= 0.6 is 0 Å². The van der Waals surface area contributed by atoms with E-state index < -0.39 is 5.91 Å². The summed E-state index contributed by atoms with van der Waals surface area (Å²) in [5.41, 5.74) is 3.54. The molecule has 0 aliphatic carbocycles. The Balaban J connectivity index is 1.35. The molecule has 0 unspecified atom stereocenters. The number of pyridine rings is 1. The van der Waals surface area contributed by atoms with Gasteiger partial charge >= 0.3 is 0 Å². The molecule has 1 fully saturated rings. The number of likely N-dealkylation sites (tertiary alicyclic amines) is 1. The van der Waals surface area contributed by atoms with E-state index in [0.29, 0.717) is 17.5 Å². The average Bonchev–Trinajstić information content (AvgIpc) is 3.33. The topological polar surface area (TPSA) is 71.4 Å². The Morgan fingerprint density at radius 3 is 2.48 bits per heavy atom. The van der Waals surface area contributed by atoms with E-state index in [0.717, 1.165) is 62.0 Å². The molecule has 1 N–H and O–H groups in total. The van der Waals surface area contributed by atoms with E-state index in [4.69, 9.17) is 0 Å². The van der Waals surface area contributed by atoms with Crippen molar-refractivity contribution in [1.29, 1.82) is 0 Å². The van der Waals surface area contributed by atoms with Crippen molar-refractivity contribution < 1.29 is 9.59 Å². The van der Waals surface area contributed by atoms with E-state index in [1.165, 1.54) is 0 Å². The highest BCUT2D eigenvalue weighted by Gasteiger charge is 2.20. The Kier molecular flexibility index (Phi) is 5.06. The van der Waals surface area contributed by atoms with Crippen LogP contribution in [0.4, 0.5) is 5.69 Å². The summed E-state index contributed by atoms with van der Waals surface area (Å²) in [6, 6.07) is 13.0. The number of hydrogen-bond acceptors (Lipinski definition) is 3.